The molecule has 7 heteroatoms. The molecule has 3 amide bonds. The van der Waals surface area contributed by atoms with E-state index < -0.39 is 11.9 Å². The third-order valence-electron chi connectivity index (χ3n) is 1.05. The van der Waals surface area contributed by atoms with Gasteiger partial charge in [-0.05, 0) is 0 Å². The van der Waals surface area contributed by atoms with E-state index in [2.05, 4.69) is 0 Å². The summed E-state index contributed by atoms with van der Waals surface area (Å²) < 4.78 is 0. The Morgan fingerprint density at radius 1 is 1.23 bits per heavy atom. The molecule has 0 saturated heterocycles. The summed E-state index contributed by atoms with van der Waals surface area (Å²) in [5, 5.41) is 8.54. The molecule has 0 fully saturated rings. The first kappa shape index (κ1) is 11.1. The largest absolute Gasteiger partial charge is 0.481 e. The molecule has 0 atom stereocenters. The summed E-state index contributed by atoms with van der Waals surface area (Å²) in [6.07, 6.45) is -0.428. The Balaban J connectivity index is 3.79. The van der Waals surface area contributed by atoms with E-state index in [0.29, 0.717) is 5.01 Å². The Labute approximate surface area is 73.3 Å². The molecule has 0 aliphatic heterocycles. The van der Waals surface area contributed by atoms with Crippen LogP contribution < -0.4 is 5.43 Å². The topological polar surface area (TPSA) is 104 Å². The van der Waals surface area contributed by atoms with Gasteiger partial charge in [-0.2, -0.15) is 5.01 Å². The van der Waals surface area contributed by atoms with Gasteiger partial charge >= 0.3 is 5.97 Å². The van der Waals surface area contributed by atoms with Crippen molar-refractivity contribution in [3.8, 4) is 0 Å². The zero-order chi connectivity index (χ0) is 10.3. The molecule has 7 nitrogen and oxygen atoms in total. The zero-order valence-corrected chi connectivity index (χ0v) is 6.60. The molecule has 0 aromatic carbocycles. The van der Waals surface area contributed by atoms with Crippen LogP contribution in [-0.4, -0.2) is 34.8 Å². The van der Waals surface area contributed by atoms with Crippen molar-refractivity contribution < 1.29 is 24.3 Å². The van der Waals surface area contributed by atoms with Crippen molar-refractivity contribution in [1.29, 1.82) is 0 Å². The molecule has 0 radical (unpaired) electrons. The molecule has 0 heterocycles. The maximum Gasteiger partial charge on any atom is 0.303 e. The van der Waals surface area contributed by atoms with Crippen LogP contribution in [0.5, 0.6) is 0 Å². The van der Waals surface area contributed by atoms with E-state index in [4.69, 9.17) is 5.11 Å². The summed E-state index contributed by atoms with van der Waals surface area (Å²) in [6, 6.07) is 0. The van der Waals surface area contributed by atoms with Crippen LogP contribution in [0.25, 0.3) is 0 Å². The number of carboxylic acid groups (broad SMARTS) is 1. The molecule has 0 aromatic rings. The molecule has 0 saturated carbocycles. The molecular weight excluding hydrogens is 180 g/mol. The normalized spacial score (nSPS) is 8.62. The van der Waals surface area contributed by atoms with Crippen LogP contribution in [-0.2, 0) is 19.2 Å². The molecule has 0 spiro atoms. The van der Waals surface area contributed by atoms with Crippen LogP contribution in [0.2, 0.25) is 0 Å². The number of nitrogens with one attached hydrogen (secondary N) is 1. The van der Waals surface area contributed by atoms with Crippen molar-refractivity contribution in [2.75, 3.05) is 0 Å². The van der Waals surface area contributed by atoms with E-state index >= 15 is 0 Å². The molecule has 2 N–H and O–H groups in total. The van der Waals surface area contributed by atoms with Gasteiger partial charge in [-0.1, -0.05) is 0 Å². The van der Waals surface area contributed by atoms with Crippen molar-refractivity contribution in [3.63, 3.8) is 0 Å². The van der Waals surface area contributed by atoms with Gasteiger partial charge < -0.3 is 5.11 Å². The second kappa shape index (κ2) is 5.70. The van der Waals surface area contributed by atoms with Gasteiger partial charge in [-0.15, -0.1) is 0 Å². The summed E-state index contributed by atoms with van der Waals surface area (Å²) in [7, 11) is 0. The summed E-state index contributed by atoms with van der Waals surface area (Å²) in [5.41, 5.74) is 1.87. The number of imide groups is 1. The molecule has 72 valence electrons. The Morgan fingerprint density at radius 2 is 1.77 bits per heavy atom. The molecule has 0 unspecified atom stereocenters. The van der Waals surface area contributed by atoms with Crippen LogP contribution in [0.15, 0.2) is 0 Å². The second-order valence-corrected chi connectivity index (χ2v) is 2.05. The van der Waals surface area contributed by atoms with Gasteiger partial charge in [0.05, 0.1) is 6.42 Å². The van der Waals surface area contributed by atoms with Crippen LogP contribution in [0.3, 0.4) is 0 Å². The van der Waals surface area contributed by atoms with Crippen LogP contribution in [0, 0.1) is 0 Å². The molecule has 13 heavy (non-hydrogen) atoms. The lowest BCUT2D eigenvalue weighted by atomic mass is 10.3. The van der Waals surface area contributed by atoms with Gasteiger partial charge in [-0.3, -0.25) is 24.6 Å². The van der Waals surface area contributed by atoms with E-state index in [-0.39, 0.29) is 25.7 Å². The third kappa shape index (κ3) is 5.36. The van der Waals surface area contributed by atoms with E-state index in [9.17, 15) is 19.2 Å². The van der Waals surface area contributed by atoms with E-state index in [1.165, 1.54) is 0 Å². The minimum atomic E-state index is -1.13. The number of carbonyl (C=O) groups is 4. The molecule has 0 aliphatic carbocycles. The fraction of sp³-hybridized carbons (Fsp3) is 0.333. The summed E-state index contributed by atoms with van der Waals surface area (Å²) >= 11 is 0. The van der Waals surface area contributed by atoms with E-state index in [0.717, 1.165) is 0 Å². The van der Waals surface area contributed by atoms with E-state index in [1.807, 2.05) is 5.43 Å². The molecule has 0 aromatic heterocycles. The zero-order valence-electron chi connectivity index (χ0n) is 6.60. The minimum absolute atomic E-state index is 0.103. The highest BCUT2D eigenvalue weighted by atomic mass is 16.4. The van der Waals surface area contributed by atoms with Gasteiger partial charge in [0.25, 0.3) is 0 Å². The summed E-state index contributed by atoms with van der Waals surface area (Å²) in [6.45, 7) is 0. The van der Waals surface area contributed by atoms with Crippen LogP contribution in [0.1, 0.15) is 12.8 Å². The number of amides is 3. The number of rotatable bonds is 6. The van der Waals surface area contributed by atoms with Gasteiger partial charge in [-0.25, -0.2) is 0 Å². The monoisotopic (exact) mass is 188 g/mol. The van der Waals surface area contributed by atoms with Crippen LogP contribution >= 0.6 is 0 Å². The van der Waals surface area contributed by atoms with Gasteiger partial charge in [0, 0.05) is 6.42 Å². The Morgan fingerprint density at radius 3 is 2.15 bits per heavy atom. The van der Waals surface area contributed by atoms with Crippen molar-refractivity contribution >= 4 is 24.7 Å². The highest BCUT2D eigenvalue weighted by Crippen LogP contribution is 1.88. The number of hydrazine groups is 1. The van der Waals surface area contributed by atoms with Crippen molar-refractivity contribution in [2.24, 2.45) is 0 Å². The van der Waals surface area contributed by atoms with Gasteiger partial charge in [0.15, 0.2) is 0 Å². The minimum Gasteiger partial charge on any atom is -0.481 e. The first-order valence-corrected chi connectivity index (χ1v) is 3.30. The maximum atomic E-state index is 10.7. The first-order valence-electron chi connectivity index (χ1n) is 3.30. The van der Waals surface area contributed by atoms with Crippen LogP contribution in [0.4, 0.5) is 0 Å². The predicted molar refractivity (Wildman–Crippen MR) is 39.0 cm³/mol. The van der Waals surface area contributed by atoms with Gasteiger partial charge in [0.1, 0.15) is 0 Å². The average molecular weight is 188 g/mol. The average Bonchev–Trinajstić information content (AvgIpc) is 2.10. The summed E-state index contributed by atoms with van der Waals surface area (Å²) in [5.74, 6) is -1.83. The van der Waals surface area contributed by atoms with Gasteiger partial charge in [0.2, 0.25) is 18.7 Å². The summed E-state index contributed by atoms with van der Waals surface area (Å²) in [4.78, 5) is 40.7. The first-order chi connectivity index (χ1) is 6.10. The molecule has 0 bridgehead atoms. The SMILES string of the molecule is O=CN(C=O)NC(=O)CCC(=O)O. The van der Waals surface area contributed by atoms with Crippen molar-refractivity contribution in [1.82, 2.24) is 10.4 Å². The van der Waals surface area contributed by atoms with E-state index in [1.54, 1.807) is 0 Å². The number of hydrogen-bond acceptors (Lipinski definition) is 4. The lowest BCUT2D eigenvalue weighted by Gasteiger charge is -2.09. The third-order valence-corrected chi connectivity index (χ3v) is 1.05. The number of nitrogens with zero attached hydrogens (tertiary/aromatic N) is 1. The smallest absolute Gasteiger partial charge is 0.303 e. The predicted octanol–water partition coefficient (Wildman–Crippen LogP) is -1.50. The molecule has 0 rings (SSSR count). The van der Waals surface area contributed by atoms with Crippen molar-refractivity contribution in [2.45, 2.75) is 12.8 Å². The maximum absolute atomic E-state index is 10.7. The Bertz CT molecular complexity index is 219. The Hall–Kier alpha value is -1.92. The number of carbonyl (C=O) groups excluding carboxylic acids is 3. The van der Waals surface area contributed by atoms with Crippen molar-refractivity contribution in [3.05, 3.63) is 0 Å². The second-order valence-electron chi connectivity index (χ2n) is 2.05. The lowest BCUT2D eigenvalue weighted by Crippen LogP contribution is -2.40. The fourth-order valence-corrected chi connectivity index (χ4v) is 0.498. The molecule has 0 aliphatic rings. The lowest BCUT2D eigenvalue weighted by molar-refractivity contribution is -0.142. The number of hydrogen-bond donors (Lipinski definition) is 2. The molecular formula is C6H8N2O5. The standard InChI is InChI=1S/C6H8N2O5/c9-3-8(4-10)7-5(11)1-2-6(12)13/h3-4H,1-2H2,(H,7,11)(H,12,13). The quantitative estimate of drug-likeness (QED) is 0.390. The highest BCUT2D eigenvalue weighted by molar-refractivity contribution is 5.83. The highest BCUT2D eigenvalue weighted by Gasteiger charge is 2.07. The number of aliphatic carboxylic acids is 1. The number of carboxylic acids is 1. The fourth-order valence-electron chi connectivity index (χ4n) is 0.498. The Kier molecular flexibility index (Phi) is 4.85.